The Kier molecular flexibility index (Phi) is 2.26. The molecule has 0 aromatic carbocycles. The van der Waals surface area contributed by atoms with Gasteiger partial charge in [-0.25, -0.2) is 4.68 Å². The van der Waals surface area contributed by atoms with Gasteiger partial charge in [-0.3, -0.25) is 4.68 Å². The number of nitrogens with zero attached hydrogens (tertiary/aromatic N) is 6. The van der Waals surface area contributed by atoms with Gasteiger partial charge in [0.25, 0.3) is 0 Å². The van der Waals surface area contributed by atoms with Gasteiger partial charge in [0.1, 0.15) is 5.69 Å². The lowest BCUT2D eigenvalue weighted by atomic mass is 10.4. The number of aryl methyl sites for hydroxylation is 2. The molecule has 0 aliphatic carbocycles. The van der Waals surface area contributed by atoms with Crippen molar-refractivity contribution in [2.75, 3.05) is 0 Å². The summed E-state index contributed by atoms with van der Waals surface area (Å²) < 4.78 is 3.54. The number of hydrogen-bond donors (Lipinski definition) is 0. The van der Waals surface area contributed by atoms with E-state index in [4.69, 9.17) is 0 Å². The summed E-state index contributed by atoms with van der Waals surface area (Å²) in [5, 5.41) is 15.8. The molecule has 0 unspecified atom stereocenters. The number of hydrogen-bond acceptors (Lipinski definition) is 4. The van der Waals surface area contributed by atoms with Crippen LogP contribution >= 0.6 is 0 Å². The van der Waals surface area contributed by atoms with Crippen LogP contribution in [0.4, 0.5) is 0 Å². The van der Waals surface area contributed by atoms with Crippen molar-refractivity contribution in [1.82, 2.24) is 30.0 Å². The van der Waals surface area contributed by atoms with Crippen LogP contribution in [0.5, 0.6) is 0 Å². The van der Waals surface area contributed by atoms with Crippen LogP contribution in [0.3, 0.4) is 0 Å². The van der Waals surface area contributed by atoms with Crippen LogP contribution in [0.1, 0.15) is 18.3 Å². The van der Waals surface area contributed by atoms with Crippen molar-refractivity contribution in [2.45, 2.75) is 26.9 Å². The minimum absolute atomic E-state index is 0.626. The van der Waals surface area contributed by atoms with Crippen LogP contribution in [0.2, 0.25) is 0 Å². The first-order valence-electron chi connectivity index (χ1n) is 4.53. The van der Waals surface area contributed by atoms with Gasteiger partial charge in [0.2, 0.25) is 0 Å². The van der Waals surface area contributed by atoms with Gasteiger partial charge in [-0.15, -0.1) is 10.2 Å². The zero-order valence-corrected chi connectivity index (χ0v) is 8.25. The van der Waals surface area contributed by atoms with Crippen molar-refractivity contribution in [2.24, 2.45) is 0 Å². The minimum atomic E-state index is 0.626. The molecular weight excluding hydrogens is 180 g/mol. The van der Waals surface area contributed by atoms with Crippen molar-refractivity contribution >= 4 is 0 Å². The van der Waals surface area contributed by atoms with Crippen LogP contribution in [0.25, 0.3) is 0 Å². The molecule has 0 N–H and O–H groups in total. The van der Waals surface area contributed by atoms with Gasteiger partial charge in [0.15, 0.2) is 0 Å². The Morgan fingerprint density at radius 2 is 1.93 bits per heavy atom. The van der Waals surface area contributed by atoms with Crippen molar-refractivity contribution in [1.29, 1.82) is 0 Å². The average molecular weight is 192 g/mol. The van der Waals surface area contributed by atoms with Crippen molar-refractivity contribution in [3.63, 3.8) is 0 Å². The van der Waals surface area contributed by atoms with E-state index >= 15 is 0 Å². The van der Waals surface area contributed by atoms with E-state index in [-0.39, 0.29) is 0 Å². The Morgan fingerprint density at radius 1 is 1.14 bits per heavy atom. The third-order valence-electron chi connectivity index (χ3n) is 1.89. The molecule has 0 fully saturated rings. The maximum atomic E-state index is 4.02. The number of aromatic nitrogens is 6. The smallest absolute Gasteiger partial charge is 0.104 e. The van der Waals surface area contributed by atoms with Crippen molar-refractivity contribution in [3.05, 3.63) is 23.8 Å². The van der Waals surface area contributed by atoms with Crippen LogP contribution < -0.4 is 0 Å². The van der Waals surface area contributed by atoms with Crippen LogP contribution in [-0.4, -0.2) is 30.0 Å². The average Bonchev–Trinajstić information content (AvgIpc) is 2.76. The third-order valence-corrected chi connectivity index (χ3v) is 1.89. The minimum Gasteiger partial charge on any atom is -0.252 e. The van der Waals surface area contributed by atoms with Gasteiger partial charge in [-0.05, 0) is 13.8 Å². The molecule has 2 rings (SSSR count). The highest BCUT2D eigenvalue weighted by molar-refractivity contribution is 4.95. The van der Waals surface area contributed by atoms with E-state index in [9.17, 15) is 0 Å². The second kappa shape index (κ2) is 3.57. The molecule has 0 amide bonds. The summed E-state index contributed by atoms with van der Waals surface area (Å²) in [6.45, 7) is 5.40. The highest BCUT2D eigenvalue weighted by Crippen LogP contribution is 1.97. The first-order valence-corrected chi connectivity index (χ1v) is 4.53. The predicted molar refractivity (Wildman–Crippen MR) is 49.6 cm³/mol. The zero-order chi connectivity index (χ0) is 9.97. The van der Waals surface area contributed by atoms with E-state index in [0.29, 0.717) is 6.54 Å². The summed E-state index contributed by atoms with van der Waals surface area (Å²) in [6, 6.07) is 0. The van der Waals surface area contributed by atoms with Crippen LogP contribution in [0, 0.1) is 6.92 Å². The van der Waals surface area contributed by atoms with E-state index in [1.54, 1.807) is 9.36 Å². The molecule has 2 heterocycles. The van der Waals surface area contributed by atoms with Crippen molar-refractivity contribution in [3.8, 4) is 0 Å². The molecule has 0 aliphatic heterocycles. The molecule has 0 bridgehead atoms. The third kappa shape index (κ3) is 1.78. The Labute approximate surface area is 81.5 Å². The molecule has 6 nitrogen and oxygen atoms in total. The van der Waals surface area contributed by atoms with Gasteiger partial charge in [-0.2, -0.15) is 0 Å². The van der Waals surface area contributed by atoms with Gasteiger partial charge in [-0.1, -0.05) is 10.4 Å². The first kappa shape index (κ1) is 8.86. The molecule has 0 saturated carbocycles. The molecule has 14 heavy (non-hydrogen) atoms. The largest absolute Gasteiger partial charge is 0.252 e. The standard InChI is InChI=1S/C8H12N6/c1-3-13-5-8(10-12-13)6-14-4-7(2)9-11-14/h4-5H,3,6H2,1-2H3. The molecule has 74 valence electrons. The molecule has 0 saturated heterocycles. The van der Waals surface area contributed by atoms with Crippen molar-refractivity contribution < 1.29 is 0 Å². The summed E-state index contributed by atoms with van der Waals surface area (Å²) in [6.07, 6.45) is 3.79. The molecule has 0 spiro atoms. The van der Waals surface area contributed by atoms with Gasteiger partial charge < -0.3 is 0 Å². The maximum absolute atomic E-state index is 4.02. The highest BCUT2D eigenvalue weighted by atomic mass is 15.4. The lowest BCUT2D eigenvalue weighted by Gasteiger charge is -1.93. The Morgan fingerprint density at radius 3 is 2.50 bits per heavy atom. The van der Waals surface area contributed by atoms with Crippen LogP contribution in [0.15, 0.2) is 12.4 Å². The number of rotatable bonds is 3. The van der Waals surface area contributed by atoms with E-state index in [0.717, 1.165) is 17.9 Å². The normalized spacial score (nSPS) is 10.7. The fourth-order valence-electron chi connectivity index (χ4n) is 1.20. The first-order chi connectivity index (χ1) is 6.78. The maximum Gasteiger partial charge on any atom is 0.104 e. The Bertz CT molecular complexity index is 415. The summed E-state index contributed by atoms with van der Waals surface area (Å²) >= 11 is 0. The van der Waals surface area contributed by atoms with Gasteiger partial charge in [0, 0.05) is 12.7 Å². The molecule has 6 heteroatoms. The quantitative estimate of drug-likeness (QED) is 0.699. The summed E-state index contributed by atoms with van der Waals surface area (Å²) in [4.78, 5) is 0. The van der Waals surface area contributed by atoms with Crippen LogP contribution in [-0.2, 0) is 13.1 Å². The summed E-state index contributed by atoms with van der Waals surface area (Å²) in [5.41, 5.74) is 1.81. The molecule has 0 atom stereocenters. The molecule has 2 aromatic rings. The second-order valence-corrected chi connectivity index (χ2v) is 3.12. The fourth-order valence-corrected chi connectivity index (χ4v) is 1.20. The topological polar surface area (TPSA) is 61.4 Å². The Hall–Kier alpha value is -1.72. The lowest BCUT2D eigenvalue weighted by molar-refractivity contribution is 0.623. The SMILES string of the molecule is CCn1cc(Cn2cc(C)nn2)nn1. The van der Waals surface area contributed by atoms with Gasteiger partial charge in [0.05, 0.1) is 18.4 Å². The summed E-state index contributed by atoms with van der Waals surface area (Å²) in [7, 11) is 0. The second-order valence-electron chi connectivity index (χ2n) is 3.12. The van der Waals surface area contributed by atoms with E-state index in [1.807, 2.05) is 26.2 Å². The molecule has 0 radical (unpaired) electrons. The lowest BCUT2D eigenvalue weighted by Crippen LogP contribution is -2.00. The summed E-state index contributed by atoms with van der Waals surface area (Å²) in [5.74, 6) is 0. The van der Waals surface area contributed by atoms with Gasteiger partial charge >= 0.3 is 0 Å². The molecule has 2 aromatic heterocycles. The Balaban J connectivity index is 2.10. The monoisotopic (exact) mass is 192 g/mol. The molecular formula is C8H12N6. The molecule has 0 aliphatic rings. The predicted octanol–water partition coefficient (Wildman–Crippen LogP) is 0.246. The fraction of sp³-hybridized carbons (Fsp3) is 0.500. The highest BCUT2D eigenvalue weighted by Gasteiger charge is 2.01. The van der Waals surface area contributed by atoms with E-state index in [2.05, 4.69) is 20.6 Å². The van der Waals surface area contributed by atoms with E-state index < -0.39 is 0 Å². The zero-order valence-electron chi connectivity index (χ0n) is 8.25. The van der Waals surface area contributed by atoms with E-state index in [1.165, 1.54) is 0 Å².